The molecule has 0 spiro atoms. The maximum atomic E-state index is 12.2. The van der Waals surface area contributed by atoms with E-state index in [1.54, 1.807) is 0 Å². The zero-order chi connectivity index (χ0) is 17.2. The minimum Gasteiger partial charge on any atom is -0.399 e. The Labute approximate surface area is 144 Å². The minimum atomic E-state index is 0.168. The van der Waals surface area contributed by atoms with Crippen LogP contribution in [0.25, 0.3) is 0 Å². The predicted molar refractivity (Wildman–Crippen MR) is 96.2 cm³/mol. The Morgan fingerprint density at radius 1 is 1.00 bits per heavy atom. The average Bonchev–Trinajstić information content (AvgIpc) is 2.61. The molecular weight excluding hydrogens is 306 g/mol. The van der Waals surface area contributed by atoms with Gasteiger partial charge in [-0.2, -0.15) is 0 Å². The van der Waals surface area contributed by atoms with Crippen LogP contribution < -0.4 is 10.6 Å². The van der Waals surface area contributed by atoms with Crippen LogP contribution in [-0.2, 0) is 14.3 Å². The summed E-state index contributed by atoms with van der Waals surface area (Å²) in [5, 5.41) is 0. The first-order chi connectivity index (χ1) is 11.7. The highest BCUT2D eigenvalue weighted by molar-refractivity contribution is 5.76. The number of carbonyl (C=O) groups excluding carboxylic acids is 1. The Morgan fingerprint density at radius 3 is 2.25 bits per heavy atom. The molecule has 6 heteroatoms. The van der Waals surface area contributed by atoms with E-state index in [2.05, 4.69) is 11.8 Å². The van der Waals surface area contributed by atoms with Gasteiger partial charge < -0.3 is 25.0 Å². The topological polar surface area (TPSA) is 68.0 Å². The minimum absolute atomic E-state index is 0.168. The Balaban J connectivity index is 1.61. The molecule has 0 radical (unpaired) electrons. The van der Waals surface area contributed by atoms with Crippen molar-refractivity contribution in [3.63, 3.8) is 0 Å². The number of nitrogens with zero attached hydrogens (tertiary/aromatic N) is 2. The molecule has 0 unspecified atom stereocenters. The van der Waals surface area contributed by atoms with Gasteiger partial charge in [0, 0.05) is 44.2 Å². The number of piperazine rings is 1. The fourth-order valence-corrected chi connectivity index (χ4v) is 2.68. The largest absolute Gasteiger partial charge is 0.399 e. The maximum Gasteiger partial charge on any atom is 0.225 e. The van der Waals surface area contributed by atoms with Crippen molar-refractivity contribution in [1.82, 2.24) is 4.90 Å². The first-order valence-corrected chi connectivity index (χ1v) is 8.74. The second kappa shape index (κ2) is 10.2. The summed E-state index contributed by atoms with van der Waals surface area (Å²) in [6.45, 7) is 7.66. The Bertz CT molecular complexity index is 485. The normalized spacial score (nSPS) is 14.9. The number of amides is 1. The Morgan fingerprint density at radius 2 is 1.62 bits per heavy atom. The first-order valence-electron chi connectivity index (χ1n) is 8.74. The third-order valence-electron chi connectivity index (χ3n) is 4.07. The van der Waals surface area contributed by atoms with E-state index in [-0.39, 0.29) is 5.91 Å². The van der Waals surface area contributed by atoms with E-state index < -0.39 is 0 Å². The van der Waals surface area contributed by atoms with E-state index in [1.807, 2.05) is 29.2 Å². The molecule has 1 fully saturated rings. The van der Waals surface area contributed by atoms with Crippen molar-refractivity contribution in [3.05, 3.63) is 24.3 Å². The molecule has 0 atom stereocenters. The molecule has 0 bridgehead atoms. The van der Waals surface area contributed by atoms with E-state index in [4.69, 9.17) is 15.2 Å². The molecule has 6 nitrogen and oxygen atoms in total. The van der Waals surface area contributed by atoms with Gasteiger partial charge in [-0.3, -0.25) is 4.79 Å². The van der Waals surface area contributed by atoms with Crippen LogP contribution >= 0.6 is 0 Å². The van der Waals surface area contributed by atoms with Crippen molar-refractivity contribution < 1.29 is 14.3 Å². The van der Waals surface area contributed by atoms with Gasteiger partial charge in [-0.15, -0.1) is 0 Å². The smallest absolute Gasteiger partial charge is 0.225 e. The van der Waals surface area contributed by atoms with Gasteiger partial charge >= 0.3 is 0 Å². The molecule has 1 amide bonds. The van der Waals surface area contributed by atoms with Gasteiger partial charge in [0.15, 0.2) is 0 Å². The molecule has 1 aliphatic rings. The van der Waals surface area contributed by atoms with Crippen LogP contribution in [0.1, 0.15) is 19.8 Å². The van der Waals surface area contributed by atoms with Crippen LogP contribution in [0, 0.1) is 0 Å². The van der Waals surface area contributed by atoms with Gasteiger partial charge in [-0.25, -0.2) is 0 Å². The van der Waals surface area contributed by atoms with Gasteiger partial charge in [0.2, 0.25) is 5.91 Å². The third-order valence-corrected chi connectivity index (χ3v) is 4.07. The summed E-state index contributed by atoms with van der Waals surface area (Å²) in [5.41, 5.74) is 7.65. The number of hydrogen-bond donors (Lipinski definition) is 1. The molecule has 1 aromatic rings. The highest BCUT2D eigenvalue weighted by Gasteiger charge is 2.20. The molecular formula is C18H29N3O3. The van der Waals surface area contributed by atoms with E-state index >= 15 is 0 Å². The number of hydrogen-bond acceptors (Lipinski definition) is 5. The van der Waals surface area contributed by atoms with Crippen molar-refractivity contribution in [2.45, 2.75) is 19.8 Å². The average molecular weight is 335 g/mol. The van der Waals surface area contributed by atoms with Gasteiger partial charge in [0.05, 0.1) is 26.2 Å². The van der Waals surface area contributed by atoms with Gasteiger partial charge in [0.1, 0.15) is 0 Å². The molecule has 0 aliphatic carbocycles. The number of ether oxygens (including phenoxy) is 2. The molecule has 24 heavy (non-hydrogen) atoms. The fourth-order valence-electron chi connectivity index (χ4n) is 2.68. The highest BCUT2D eigenvalue weighted by atomic mass is 16.5. The molecule has 1 aliphatic heterocycles. The number of benzene rings is 1. The van der Waals surface area contributed by atoms with E-state index in [1.165, 1.54) is 0 Å². The number of nitrogens with two attached hydrogens (primary N) is 1. The number of anilines is 2. The molecule has 0 aromatic heterocycles. The quantitative estimate of drug-likeness (QED) is 0.550. The fraction of sp³-hybridized carbons (Fsp3) is 0.611. The van der Waals surface area contributed by atoms with Crippen LogP contribution in [0.2, 0.25) is 0 Å². The van der Waals surface area contributed by atoms with Crippen molar-refractivity contribution in [2.75, 3.05) is 63.2 Å². The van der Waals surface area contributed by atoms with Crippen molar-refractivity contribution in [2.24, 2.45) is 0 Å². The molecule has 1 saturated heterocycles. The lowest BCUT2D eigenvalue weighted by atomic mass is 10.2. The molecule has 1 aromatic carbocycles. The Hall–Kier alpha value is -1.79. The lowest BCUT2D eigenvalue weighted by molar-refractivity contribution is -0.132. The Kier molecular flexibility index (Phi) is 7.85. The van der Waals surface area contributed by atoms with Gasteiger partial charge in [-0.1, -0.05) is 6.92 Å². The summed E-state index contributed by atoms with van der Waals surface area (Å²) in [4.78, 5) is 16.4. The monoisotopic (exact) mass is 335 g/mol. The third kappa shape index (κ3) is 6.02. The molecule has 2 rings (SSSR count). The second-order valence-corrected chi connectivity index (χ2v) is 5.93. The summed E-state index contributed by atoms with van der Waals surface area (Å²) in [7, 11) is 0. The summed E-state index contributed by atoms with van der Waals surface area (Å²) in [6.07, 6.45) is 1.45. The number of nitrogen functional groups attached to an aromatic ring is 1. The SMILES string of the molecule is CCCOCCOCCC(=O)N1CCN(c2ccc(N)cc2)CC1. The number of rotatable bonds is 9. The van der Waals surface area contributed by atoms with Crippen molar-refractivity contribution >= 4 is 17.3 Å². The highest BCUT2D eigenvalue weighted by Crippen LogP contribution is 2.18. The van der Waals surface area contributed by atoms with Crippen LogP contribution in [0.4, 0.5) is 11.4 Å². The van der Waals surface area contributed by atoms with Crippen LogP contribution in [0.3, 0.4) is 0 Å². The molecule has 134 valence electrons. The summed E-state index contributed by atoms with van der Waals surface area (Å²) < 4.78 is 10.8. The van der Waals surface area contributed by atoms with E-state index in [0.29, 0.717) is 26.2 Å². The van der Waals surface area contributed by atoms with E-state index in [0.717, 1.165) is 50.6 Å². The lowest BCUT2D eigenvalue weighted by Crippen LogP contribution is -2.49. The molecule has 1 heterocycles. The molecule has 2 N–H and O–H groups in total. The van der Waals surface area contributed by atoms with Crippen molar-refractivity contribution in [1.29, 1.82) is 0 Å². The van der Waals surface area contributed by atoms with E-state index in [9.17, 15) is 4.79 Å². The summed E-state index contributed by atoms with van der Waals surface area (Å²) in [5.74, 6) is 0.168. The van der Waals surface area contributed by atoms with Crippen LogP contribution in [0.15, 0.2) is 24.3 Å². The standard InChI is InChI=1S/C18H29N3O3/c1-2-12-23-14-15-24-13-7-18(22)21-10-8-20(9-11-21)17-5-3-16(19)4-6-17/h3-6H,2,7-15,19H2,1H3. The van der Waals surface area contributed by atoms with Gasteiger partial charge in [-0.05, 0) is 30.7 Å². The van der Waals surface area contributed by atoms with Crippen molar-refractivity contribution in [3.8, 4) is 0 Å². The van der Waals surface area contributed by atoms with Crippen LogP contribution in [0.5, 0.6) is 0 Å². The van der Waals surface area contributed by atoms with Gasteiger partial charge in [0.25, 0.3) is 0 Å². The zero-order valence-corrected chi connectivity index (χ0v) is 14.6. The summed E-state index contributed by atoms with van der Waals surface area (Å²) in [6, 6.07) is 7.88. The number of carbonyl (C=O) groups is 1. The predicted octanol–water partition coefficient (Wildman–Crippen LogP) is 1.75. The molecule has 0 saturated carbocycles. The maximum absolute atomic E-state index is 12.2. The second-order valence-electron chi connectivity index (χ2n) is 5.93. The lowest BCUT2D eigenvalue weighted by Gasteiger charge is -2.36. The first kappa shape index (κ1) is 18.5. The summed E-state index contributed by atoms with van der Waals surface area (Å²) >= 11 is 0. The van der Waals surface area contributed by atoms with Crippen LogP contribution in [-0.4, -0.2) is 63.4 Å². The zero-order valence-electron chi connectivity index (χ0n) is 14.6.